The number of hydrogen-bond acceptors (Lipinski definition) is 6. The molecule has 0 atom stereocenters. The van der Waals surface area contributed by atoms with E-state index in [1.165, 1.54) is 38.1 Å². The third kappa shape index (κ3) is 3.81. The van der Waals surface area contributed by atoms with Crippen molar-refractivity contribution in [1.82, 2.24) is 0 Å². The summed E-state index contributed by atoms with van der Waals surface area (Å²) in [4.78, 5) is 7.50. The highest BCUT2D eigenvalue weighted by Gasteiger charge is 2.24. The Labute approximate surface area is 177 Å². The van der Waals surface area contributed by atoms with Gasteiger partial charge in [0.25, 0.3) is 0 Å². The van der Waals surface area contributed by atoms with Crippen LogP contribution in [0.2, 0.25) is 0 Å². The summed E-state index contributed by atoms with van der Waals surface area (Å²) in [5.41, 5.74) is 6.48. The van der Waals surface area contributed by atoms with Crippen LogP contribution >= 0.6 is 11.8 Å². The second kappa shape index (κ2) is 8.09. The molecule has 154 valence electrons. The van der Waals surface area contributed by atoms with E-state index in [4.69, 9.17) is 9.47 Å². The average Bonchev–Trinajstić information content (AvgIpc) is 2.77. The van der Waals surface area contributed by atoms with Crippen molar-refractivity contribution in [2.45, 2.75) is 29.6 Å². The van der Waals surface area contributed by atoms with E-state index < -0.39 is 0 Å². The van der Waals surface area contributed by atoms with Crippen LogP contribution in [0.5, 0.6) is 0 Å². The summed E-state index contributed by atoms with van der Waals surface area (Å²) in [5, 5.41) is 3.74. The normalized spacial score (nSPS) is 19.0. The standard InChI is InChI=1S/C23H29N3O2S/c1-16(2)19-13-18(26-7-11-28-12-8-26)15-22-23(19)24-20-4-3-17(14-21(20)29-22)25-5-9-27-10-6-25/h3-4,13-16,24H,5-12H2,1-2H3. The van der Waals surface area contributed by atoms with Crippen LogP contribution in [0.25, 0.3) is 0 Å². The minimum absolute atomic E-state index is 0.465. The van der Waals surface area contributed by atoms with Gasteiger partial charge >= 0.3 is 0 Å². The van der Waals surface area contributed by atoms with Crippen LogP contribution in [0.15, 0.2) is 40.1 Å². The fourth-order valence-electron chi connectivity index (χ4n) is 4.27. The lowest BCUT2D eigenvalue weighted by atomic mass is 9.99. The van der Waals surface area contributed by atoms with E-state index in [1.54, 1.807) is 0 Å². The predicted octanol–water partition coefficient (Wildman–Crippen LogP) is 4.69. The van der Waals surface area contributed by atoms with Gasteiger partial charge in [0.2, 0.25) is 0 Å². The number of nitrogens with zero attached hydrogens (tertiary/aromatic N) is 2. The molecule has 0 radical (unpaired) electrons. The highest BCUT2D eigenvalue weighted by atomic mass is 32.2. The topological polar surface area (TPSA) is 37.0 Å². The van der Waals surface area contributed by atoms with Crippen LogP contribution in [0.1, 0.15) is 25.3 Å². The molecule has 0 spiro atoms. The maximum atomic E-state index is 5.56. The van der Waals surface area contributed by atoms with E-state index >= 15 is 0 Å². The summed E-state index contributed by atoms with van der Waals surface area (Å²) in [6.07, 6.45) is 0. The molecule has 2 saturated heterocycles. The summed E-state index contributed by atoms with van der Waals surface area (Å²) in [6.45, 7) is 11.7. The van der Waals surface area contributed by atoms with Gasteiger partial charge in [-0.15, -0.1) is 0 Å². The van der Waals surface area contributed by atoms with Crippen molar-refractivity contribution in [1.29, 1.82) is 0 Å². The molecule has 5 rings (SSSR count). The van der Waals surface area contributed by atoms with Crippen molar-refractivity contribution in [2.24, 2.45) is 0 Å². The molecule has 29 heavy (non-hydrogen) atoms. The van der Waals surface area contributed by atoms with Crippen LogP contribution < -0.4 is 15.1 Å². The Kier molecular flexibility index (Phi) is 5.33. The fraction of sp³-hybridized carbons (Fsp3) is 0.478. The first kappa shape index (κ1) is 19.1. The third-order valence-corrected chi connectivity index (χ3v) is 7.04. The monoisotopic (exact) mass is 411 g/mol. The molecule has 0 saturated carbocycles. The molecule has 2 aromatic rings. The van der Waals surface area contributed by atoms with Gasteiger partial charge < -0.3 is 24.6 Å². The maximum Gasteiger partial charge on any atom is 0.0642 e. The molecule has 1 N–H and O–H groups in total. The second-order valence-corrected chi connectivity index (χ2v) is 9.25. The van der Waals surface area contributed by atoms with Crippen molar-refractivity contribution in [3.8, 4) is 0 Å². The van der Waals surface area contributed by atoms with Crippen LogP contribution in [-0.2, 0) is 9.47 Å². The number of morpholine rings is 2. The first-order valence-corrected chi connectivity index (χ1v) is 11.4. The average molecular weight is 412 g/mol. The molecule has 5 nitrogen and oxygen atoms in total. The Hall–Kier alpha value is -1.89. The van der Waals surface area contributed by atoms with Gasteiger partial charge in [-0.1, -0.05) is 25.6 Å². The molecule has 6 heteroatoms. The van der Waals surface area contributed by atoms with Gasteiger partial charge in [0.15, 0.2) is 0 Å². The van der Waals surface area contributed by atoms with E-state index in [0.29, 0.717) is 5.92 Å². The molecule has 0 bridgehead atoms. The quantitative estimate of drug-likeness (QED) is 0.674. The number of fused-ring (bicyclic) bond motifs is 2. The van der Waals surface area contributed by atoms with Crippen LogP contribution in [-0.4, -0.2) is 52.6 Å². The summed E-state index contributed by atoms with van der Waals surface area (Å²) < 4.78 is 11.1. The van der Waals surface area contributed by atoms with E-state index in [-0.39, 0.29) is 0 Å². The van der Waals surface area contributed by atoms with Gasteiger partial charge in [-0.2, -0.15) is 0 Å². The fourth-order valence-corrected chi connectivity index (χ4v) is 5.36. The number of anilines is 4. The number of nitrogens with one attached hydrogen (secondary N) is 1. The van der Waals surface area contributed by atoms with E-state index in [0.717, 1.165) is 52.6 Å². The Morgan fingerprint density at radius 1 is 0.828 bits per heavy atom. The highest BCUT2D eigenvalue weighted by molar-refractivity contribution is 7.99. The second-order valence-electron chi connectivity index (χ2n) is 8.17. The van der Waals surface area contributed by atoms with Crippen molar-refractivity contribution in [2.75, 3.05) is 67.7 Å². The summed E-state index contributed by atoms with van der Waals surface area (Å²) in [7, 11) is 0. The molecule has 0 unspecified atom stereocenters. The van der Waals surface area contributed by atoms with E-state index in [2.05, 4.69) is 59.3 Å². The Bertz CT molecular complexity index is 890. The van der Waals surface area contributed by atoms with Crippen molar-refractivity contribution < 1.29 is 9.47 Å². The molecule has 3 aliphatic rings. The molecule has 0 amide bonds. The Morgan fingerprint density at radius 3 is 2.10 bits per heavy atom. The van der Waals surface area contributed by atoms with Crippen LogP contribution in [0, 0.1) is 0 Å². The molecule has 0 aliphatic carbocycles. The molecule has 2 fully saturated rings. The van der Waals surface area contributed by atoms with Gasteiger partial charge in [-0.25, -0.2) is 0 Å². The van der Waals surface area contributed by atoms with Crippen molar-refractivity contribution in [3.63, 3.8) is 0 Å². The minimum atomic E-state index is 0.465. The number of rotatable bonds is 3. The summed E-state index contributed by atoms with van der Waals surface area (Å²) in [5.74, 6) is 0.465. The number of benzene rings is 2. The molecule has 3 aliphatic heterocycles. The van der Waals surface area contributed by atoms with Crippen molar-refractivity contribution >= 4 is 34.5 Å². The Balaban J connectivity index is 1.49. The lowest BCUT2D eigenvalue weighted by Gasteiger charge is -2.33. The molecular formula is C23H29N3O2S. The van der Waals surface area contributed by atoms with Gasteiger partial charge in [-0.05, 0) is 41.8 Å². The molecule has 0 aromatic heterocycles. The third-order valence-electron chi connectivity index (χ3n) is 5.94. The molecule has 3 heterocycles. The number of ether oxygens (including phenoxy) is 2. The lowest BCUT2D eigenvalue weighted by Crippen LogP contribution is -2.36. The SMILES string of the molecule is CC(C)c1cc(N2CCOCC2)cc2c1Nc1ccc(N3CCOCC3)cc1S2. The largest absolute Gasteiger partial charge is 0.378 e. The van der Waals surface area contributed by atoms with E-state index in [9.17, 15) is 0 Å². The zero-order valence-electron chi connectivity index (χ0n) is 17.2. The van der Waals surface area contributed by atoms with Crippen LogP contribution in [0.3, 0.4) is 0 Å². The van der Waals surface area contributed by atoms with E-state index in [1.807, 2.05) is 11.8 Å². The number of hydrogen-bond donors (Lipinski definition) is 1. The first-order chi connectivity index (χ1) is 14.2. The zero-order valence-corrected chi connectivity index (χ0v) is 18.1. The molecule has 2 aromatic carbocycles. The molecular weight excluding hydrogens is 382 g/mol. The minimum Gasteiger partial charge on any atom is -0.378 e. The smallest absolute Gasteiger partial charge is 0.0642 e. The first-order valence-electron chi connectivity index (χ1n) is 10.6. The van der Waals surface area contributed by atoms with Gasteiger partial charge in [0.1, 0.15) is 0 Å². The van der Waals surface area contributed by atoms with Crippen molar-refractivity contribution in [3.05, 3.63) is 35.9 Å². The summed E-state index contributed by atoms with van der Waals surface area (Å²) >= 11 is 1.89. The highest BCUT2D eigenvalue weighted by Crippen LogP contribution is 2.49. The van der Waals surface area contributed by atoms with Gasteiger partial charge in [0.05, 0.1) is 37.8 Å². The lowest BCUT2D eigenvalue weighted by molar-refractivity contribution is 0.122. The van der Waals surface area contributed by atoms with Gasteiger partial charge in [0, 0.05) is 47.3 Å². The maximum absolute atomic E-state index is 5.56. The van der Waals surface area contributed by atoms with Gasteiger partial charge in [-0.3, -0.25) is 0 Å². The van der Waals surface area contributed by atoms with Crippen LogP contribution in [0.4, 0.5) is 22.7 Å². The zero-order chi connectivity index (χ0) is 19.8. The predicted molar refractivity (Wildman–Crippen MR) is 120 cm³/mol. The Morgan fingerprint density at radius 2 is 1.45 bits per heavy atom. The summed E-state index contributed by atoms with van der Waals surface area (Å²) in [6, 6.07) is 11.5.